The molecule has 0 aliphatic rings. The van der Waals surface area contributed by atoms with Crippen molar-refractivity contribution in [1.82, 2.24) is 14.6 Å². The Bertz CT molecular complexity index is 778. The Balaban J connectivity index is 2.25. The molecular weight excluding hydrogens is 281 g/mol. The number of rotatable bonds is 1. The molecule has 0 atom stereocenters. The topological polar surface area (TPSA) is 30.2 Å². The summed E-state index contributed by atoms with van der Waals surface area (Å²) in [6.07, 6.45) is 0. The van der Waals surface area contributed by atoms with E-state index >= 15 is 0 Å². The number of halogens is 2. The second kappa shape index (κ2) is 4.51. The molecule has 0 N–H and O–H groups in total. The fourth-order valence-electron chi connectivity index (χ4n) is 2.06. The van der Waals surface area contributed by atoms with Gasteiger partial charge in [0.1, 0.15) is 0 Å². The van der Waals surface area contributed by atoms with Crippen molar-refractivity contribution in [3.63, 3.8) is 0 Å². The van der Waals surface area contributed by atoms with Crippen LogP contribution in [-0.2, 0) is 0 Å². The summed E-state index contributed by atoms with van der Waals surface area (Å²) in [6, 6.07) is 9.53. The molecule has 0 unspecified atom stereocenters. The van der Waals surface area contributed by atoms with Crippen molar-refractivity contribution in [2.45, 2.75) is 13.8 Å². The van der Waals surface area contributed by atoms with Gasteiger partial charge in [-0.2, -0.15) is 5.10 Å². The van der Waals surface area contributed by atoms with Crippen molar-refractivity contribution in [3.8, 4) is 11.3 Å². The first-order valence-electron chi connectivity index (χ1n) is 5.84. The number of nitrogens with zero attached hydrogens (tertiary/aromatic N) is 3. The second-order valence-corrected chi connectivity index (χ2v) is 5.22. The van der Waals surface area contributed by atoms with Gasteiger partial charge in [0.05, 0.1) is 22.1 Å². The van der Waals surface area contributed by atoms with Crippen LogP contribution >= 0.6 is 23.2 Å². The van der Waals surface area contributed by atoms with Gasteiger partial charge in [0, 0.05) is 16.7 Å². The summed E-state index contributed by atoms with van der Waals surface area (Å²) in [5, 5.41) is 5.87. The molecule has 0 fully saturated rings. The van der Waals surface area contributed by atoms with Crippen molar-refractivity contribution in [1.29, 1.82) is 0 Å². The quantitative estimate of drug-likeness (QED) is 0.668. The maximum Gasteiger partial charge on any atom is 0.156 e. The van der Waals surface area contributed by atoms with Crippen LogP contribution in [0.2, 0.25) is 10.0 Å². The minimum absolute atomic E-state index is 0.647. The molecule has 96 valence electrons. The van der Waals surface area contributed by atoms with E-state index in [4.69, 9.17) is 23.2 Å². The van der Waals surface area contributed by atoms with Crippen LogP contribution in [-0.4, -0.2) is 14.6 Å². The van der Waals surface area contributed by atoms with E-state index in [0.29, 0.717) is 10.0 Å². The SMILES string of the molecule is Cc1nc2cc(-c3cccc(Cl)c3)nn2c(C)c1Cl. The summed E-state index contributed by atoms with van der Waals surface area (Å²) in [5.41, 5.74) is 4.28. The van der Waals surface area contributed by atoms with E-state index in [0.717, 1.165) is 28.3 Å². The lowest BCUT2D eigenvalue weighted by atomic mass is 10.1. The van der Waals surface area contributed by atoms with Gasteiger partial charge < -0.3 is 0 Å². The lowest BCUT2D eigenvalue weighted by molar-refractivity contribution is 0.889. The van der Waals surface area contributed by atoms with Crippen LogP contribution in [0.15, 0.2) is 30.3 Å². The Hall–Kier alpha value is -1.58. The molecule has 0 bridgehead atoms. The van der Waals surface area contributed by atoms with Crippen molar-refractivity contribution in [2.24, 2.45) is 0 Å². The highest BCUT2D eigenvalue weighted by Crippen LogP contribution is 2.25. The van der Waals surface area contributed by atoms with Crippen molar-refractivity contribution >= 4 is 28.8 Å². The predicted molar refractivity (Wildman–Crippen MR) is 77.9 cm³/mol. The average Bonchev–Trinajstić information content (AvgIpc) is 2.80. The number of hydrogen-bond acceptors (Lipinski definition) is 2. The van der Waals surface area contributed by atoms with Gasteiger partial charge in [-0.1, -0.05) is 35.3 Å². The Kier molecular flexibility index (Phi) is 2.96. The highest BCUT2D eigenvalue weighted by molar-refractivity contribution is 6.31. The number of fused-ring (bicyclic) bond motifs is 1. The zero-order valence-electron chi connectivity index (χ0n) is 10.5. The largest absolute Gasteiger partial charge is 0.232 e. The number of aryl methyl sites for hydroxylation is 2. The molecule has 2 aromatic heterocycles. The molecule has 0 aliphatic heterocycles. The maximum atomic E-state index is 6.19. The van der Waals surface area contributed by atoms with E-state index < -0.39 is 0 Å². The molecule has 3 nitrogen and oxygen atoms in total. The van der Waals surface area contributed by atoms with E-state index in [1.54, 1.807) is 4.52 Å². The van der Waals surface area contributed by atoms with Crippen molar-refractivity contribution in [2.75, 3.05) is 0 Å². The van der Waals surface area contributed by atoms with E-state index in [2.05, 4.69) is 10.1 Å². The zero-order chi connectivity index (χ0) is 13.6. The minimum Gasteiger partial charge on any atom is -0.232 e. The van der Waals surface area contributed by atoms with Crippen molar-refractivity contribution in [3.05, 3.63) is 51.8 Å². The molecule has 0 radical (unpaired) electrons. The Morgan fingerprint density at radius 1 is 1.11 bits per heavy atom. The lowest BCUT2D eigenvalue weighted by Gasteiger charge is -2.03. The summed E-state index contributed by atoms with van der Waals surface area (Å²) >= 11 is 12.2. The molecule has 0 saturated carbocycles. The first-order valence-corrected chi connectivity index (χ1v) is 6.60. The summed E-state index contributed by atoms with van der Waals surface area (Å²) in [7, 11) is 0. The smallest absolute Gasteiger partial charge is 0.156 e. The van der Waals surface area contributed by atoms with Gasteiger partial charge in [-0.25, -0.2) is 9.50 Å². The summed E-state index contributed by atoms with van der Waals surface area (Å²) in [4.78, 5) is 4.44. The summed E-state index contributed by atoms with van der Waals surface area (Å²) < 4.78 is 1.76. The van der Waals surface area contributed by atoms with Gasteiger partial charge in [-0.05, 0) is 26.0 Å². The third-order valence-electron chi connectivity index (χ3n) is 3.05. The minimum atomic E-state index is 0.647. The van der Waals surface area contributed by atoms with Gasteiger partial charge >= 0.3 is 0 Å². The van der Waals surface area contributed by atoms with E-state index in [1.165, 1.54) is 0 Å². The molecule has 3 rings (SSSR count). The van der Waals surface area contributed by atoms with Crippen LogP contribution in [0.25, 0.3) is 16.9 Å². The Labute approximate surface area is 120 Å². The average molecular weight is 292 g/mol. The zero-order valence-corrected chi connectivity index (χ0v) is 12.0. The lowest BCUT2D eigenvalue weighted by Crippen LogP contribution is -1.99. The van der Waals surface area contributed by atoms with Crippen LogP contribution < -0.4 is 0 Å². The molecule has 0 saturated heterocycles. The van der Waals surface area contributed by atoms with Crippen LogP contribution in [0.5, 0.6) is 0 Å². The number of benzene rings is 1. The number of hydrogen-bond donors (Lipinski definition) is 0. The summed E-state index contributed by atoms with van der Waals surface area (Å²) in [6.45, 7) is 3.82. The Morgan fingerprint density at radius 3 is 2.63 bits per heavy atom. The van der Waals surface area contributed by atoms with Gasteiger partial charge in [0.25, 0.3) is 0 Å². The van der Waals surface area contributed by atoms with Gasteiger partial charge in [-0.15, -0.1) is 0 Å². The first kappa shape index (κ1) is 12.5. The molecular formula is C14H11Cl2N3. The molecule has 1 aromatic carbocycles. The predicted octanol–water partition coefficient (Wildman–Crippen LogP) is 4.32. The van der Waals surface area contributed by atoms with Crippen LogP contribution in [0.1, 0.15) is 11.4 Å². The number of aromatic nitrogens is 3. The molecule has 19 heavy (non-hydrogen) atoms. The highest BCUT2D eigenvalue weighted by atomic mass is 35.5. The highest BCUT2D eigenvalue weighted by Gasteiger charge is 2.11. The normalized spacial score (nSPS) is 11.2. The third-order valence-corrected chi connectivity index (χ3v) is 3.83. The molecule has 3 aromatic rings. The Morgan fingerprint density at radius 2 is 1.89 bits per heavy atom. The molecule has 0 amide bonds. The van der Waals surface area contributed by atoms with E-state index in [-0.39, 0.29) is 0 Å². The van der Waals surface area contributed by atoms with Gasteiger partial charge in [0.15, 0.2) is 5.65 Å². The van der Waals surface area contributed by atoms with Crippen LogP contribution in [0, 0.1) is 13.8 Å². The van der Waals surface area contributed by atoms with E-state index in [9.17, 15) is 0 Å². The fraction of sp³-hybridized carbons (Fsp3) is 0.143. The summed E-state index contributed by atoms with van der Waals surface area (Å²) in [5.74, 6) is 0. The fourth-order valence-corrected chi connectivity index (χ4v) is 2.37. The van der Waals surface area contributed by atoms with Crippen LogP contribution in [0.4, 0.5) is 0 Å². The van der Waals surface area contributed by atoms with Gasteiger partial charge in [0.2, 0.25) is 0 Å². The monoisotopic (exact) mass is 291 g/mol. The van der Waals surface area contributed by atoms with E-state index in [1.807, 2.05) is 44.2 Å². The van der Waals surface area contributed by atoms with Crippen molar-refractivity contribution < 1.29 is 0 Å². The second-order valence-electron chi connectivity index (χ2n) is 4.41. The maximum absolute atomic E-state index is 6.19. The molecule has 5 heteroatoms. The first-order chi connectivity index (χ1) is 9.06. The van der Waals surface area contributed by atoms with Crippen LogP contribution in [0.3, 0.4) is 0 Å². The molecule has 2 heterocycles. The van der Waals surface area contributed by atoms with Gasteiger partial charge in [-0.3, -0.25) is 0 Å². The standard InChI is InChI=1S/C14H11Cl2N3/c1-8-14(16)9(2)19-13(17-8)7-12(18-19)10-4-3-5-11(15)6-10/h3-7H,1-2H3. The third kappa shape index (κ3) is 2.09. The molecule has 0 spiro atoms. The molecule has 0 aliphatic carbocycles.